The van der Waals surface area contributed by atoms with E-state index in [4.69, 9.17) is 14.2 Å². The van der Waals surface area contributed by atoms with Crippen molar-refractivity contribution in [3.63, 3.8) is 0 Å². The maximum absolute atomic E-state index is 11.5. The molecular formula is C17H24N2O5. The predicted molar refractivity (Wildman–Crippen MR) is 90.1 cm³/mol. The van der Waals surface area contributed by atoms with Crippen molar-refractivity contribution in [2.24, 2.45) is 5.92 Å². The highest BCUT2D eigenvalue weighted by molar-refractivity contribution is 5.70. The Morgan fingerprint density at radius 2 is 1.83 bits per heavy atom. The van der Waals surface area contributed by atoms with Crippen LogP contribution in [0.3, 0.4) is 0 Å². The zero-order valence-electron chi connectivity index (χ0n) is 14.2. The van der Waals surface area contributed by atoms with Crippen LogP contribution in [-0.2, 0) is 4.74 Å². The van der Waals surface area contributed by atoms with E-state index in [2.05, 4.69) is 4.90 Å². The van der Waals surface area contributed by atoms with Gasteiger partial charge in [0.1, 0.15) is 5.69 Å². The fraction of sp³-hybridized carbons (Fsp3) is 0.647. The average molecular weight is 336 g/mol. The van der Waals surface area contributed by atoms with E-state index < -0.39 is 0 Å². The molecule has 1 aromatic rings. The van der Waals surface area contributed by atoms with Gasteiger partial charge in [0.05, 0.1) is 31.3 Å². The number of hydrogen-bond donors (Lipinski definition) is 0. The molecule has 0 aromatic heterocycles. The monoisotopic (exact) mass is 336 g/mol. The first-order valence-electron chi connectivity index (χ1n) is 8.41. The van der Waals surface area contributed by atoms with Crippen LogP contribution in [0, 0.1) is 16.0 Å². The van der Waals surface area contributed by atoms with Crippen molar-refractivity contribution in [1.82, 2.24) is 0 Å². The lowest BCUT2D eigenvalue weighted by Gasteiger charge is -2.35. The molecule has 1 unspecified atom stereocenters. The summed E-state index contributed by atoms with van der Waals surface area (Å²) in [6.07, 6.45) is 4.65. The highest BCUT2D eigenvalue weighted by Crippen LogP contribution is 2.41. The molecular weight excluding hydrogens is 312 g/mol. The number of nitro groups is 1. The minimum absolute atomic E-state index is 0.0585. The van der Waals surface area contributed by atoms with E-state index >= 15 is 0 Å². The van der Waals surface area contributed by atoms with Crippen LogP contribution in [-0.4, -0.2) is 44.9 Å². The lowest BCUT2D eigenvalue weighted by molar-refractivity contribution is -0.384. The van der Waals surface area contributed by atoms with Crippen molar-refractivity contribution in [3.05, 3.63) is 22.2 Å². The Hall–Kier alpha value is -2.02. The molecule has 0 radical (unpaired) electrons. The number of benzene rings is 1. The molecule has 0 amide bonds. The number of methoxy groups -OCH3 is 2. The third-order valence-electron chi connectivity index (χ3n) is 5.05. The Labute approximate surface area is 141 Å². The number of nitro benzene ring substituents is 1. The first kappa shape index (κ1) is 16.8. The Morgan fingerprint density at radius 3 is 2.38 bits per heavy atom. The normalized spacial score (nSPS) is 21.8. The average Bonchev–Trinajstić information content (AvgIpc) is 3.15. The molecule has 0 bridgehead atoms. The van der Waals surface area contributed by atoms with Crippen molar-refractivity contribution in [2.45, 2.75) is 31.8 Å². The Bertz CT molecular complexity index is 593. The summed E-state index contributed by atoms with van der Waals surface area (Å²) in [5.74, 6) is 1.45. The molecule has 0 N–H and O–H groups in total. The molecule has 2 fully saturated rings. The molecule has 7 heteroatoms. The predicted octanol–water partition coefficient (Wildman–Crippen LogP) is 3.01. The first-order chi connectivity index (χ1) is 11.6. The fourth-order valence-corrected chi connectivity index (χ4v) is 3.74. The topological polar surface area (TPSA) is 74.1 Å². The summed E-state index contributed by atoms with van der Waals surface area (Å²) in [4.78, 5) is 13.2. The van der Waals surface area contributed by atoms with Crippen molar-refractivity contribution in [3.8, 4) is 11.5 Å². The van der Waals surface area contributed by atoms with Crippen LogP contribution in [0.2, 0.25) is 0 Å². The maximum atomic E-state index is 11.5. The summed E-state index contributed by atoms with van der Waals surface area (Å²) >= 11 is 0. The van der Waals surface area contributed by atoms with Crippen LogP contribution in [0.15, 0.2) is 12.1 Å². The summed E-state index contributed by atoms with van der Waals surface area (Å²) in [6, 6.07) is 3.16. The van der Waals surface area contributed by atoms with Gasteiger partial charge in [0.2, 0.25) is 0 Å². The number of rotatable bonds is 5. The summed E-state index contributed by atoms with van der Waals surface area (Å²) in [6.45, 7) is 2.45. The quantitative estimate of drug-likeness (QED) is 0.608. The number of anilines is 1. The second kappa shape index (κ2) is 7.25. The maximum Gasteiger partial charge on any atom is 0.296 e. The van der Waals surface area contributed by atoms with E-state index in [0.717, 1.165) is 45.4 Å². The third-order valence-corrected chi connectivity index (χ3v) is 5.05. The van der Waals surface area contributed by atoms with Gasteiger partial charge in [-0.15, -0.1) is 0 Å². The highest BCUT2D eigenvalue weighted by atomic mass is 16.6. The molecule has 3 rings (SSSR count). The van der Waals surface area contributed by atoms with Gasteiger partial charge in [-0.25, -0.2) is 0 Å². The number of hydrogen-bond acceptors (Lipinski definition) is 6. The zero-order chi connectivity index (χ0) is 17.1. The number of ether oxygens (including phenoxy) is 3. The van der Waals surface area contributed by atoms with Crippen molar-refractivity contribution >= 4 is 11.4 Å². The Morgan fingerprint density at radius 1 is 1.17 bits per heavy atom. The van der Waals surface area contributed by atoms with E-state index in [0.29, 0.717) is 29.2 Å². The van der Waals surface area contributed by atoms with Crippen LogP contribution in [0.1, 0.15) is 25.7 Å². The second-order valence-corrected chi connectivity index (χ2v) is 6.33. The molecule has 132 valence electrons. The molecule has 2 heterocycles. The summed E-state index contributed by atoms with van der Waals surface area (Å²) < 4.78 is 16.3. The molecule has 24 heavy (non-hydrogen) atoms. The number of piperidine rings is 1. The Kier molecular flexibility index (Phi) is 5.08. The van der Waals surface area contributed by atoms with Crippen LogP contribution in [0.4, 0.5) is 11.4 Å². The largest absolute Gasteiger partial charge is 0.493 e. The van der Waals surface area contributed by atoms with E-state index in [1.807, 2.05) is 0 Å². The lowest BCUT2D eigenvalue weighted by atomic mass is 9.89. The fourth-order valence-electron chi connectivity index (χ4n) is 3.74. The molecule has 7 nitrogen and oxygen atoms in total. The molecule has 2 aliphatic heterocycles. The van der Waals surface area contributed by atoms with Gasteiger partial charge in [-0.2, -0.15) is 0 Å². The van der Waals surface area contributed by atoms with Gasteiger partial charge >= 0.3 is 0 Å². The van der Waals surface area contributed by atoms with E-state index in [-0.39, 0.29) is 10.6 Å². The summed E-state index contributed by atoms with van der Waals surface area (Å²) in [5.41, 5.74) is 0.659. The first-order valence-corrected chi connectivity index (χ1v) is 8.41. The second-order valence-electron chi connectivity index (χ2n) is 6.33. The van der Waals surface area contributed by atoms with E-state index in [9.17, 15) is 10.1 Å². The zero-order valence-corrected chi connectivity index (χ0v) is 14.2. The van der Waals surface area contributed by atoms with Gasteiger partial charge in [-0.3, -0.25) is 10.1 Å². The number of nitrogens with zero attached hydrogens (tertiary/aromatic N) is 2. The lowest BCUT2D eigenvalue weighted by Crippen LogP contribution is -2.38. The van der Waals surface area contributed by atoms with Crippen LogP contribution >= 0.6 is 0 Å². The SMILES string of the molecule is COc1cc(N2CCC(C3CCCO3)CC2)c([N+](=O)[O-])cc1OC. The standard InChI is InChI=1S/C17H24N2O5/c1-22-16-10-13(14(19(20)21)11-17(16)23-2)18-7-5-12(6-8-18)15-4-3-9-24-15/h10-12,15H,3-9H2,1-2H3. The summed E-state index contributed by atoms with van der Waals surface area (Å²) in [7, 11) is 3.02. The summed E-state index contributed by atoms with van der Waals surface area (Å²) in [5, 5.41) is 11.5. The third kappa shape index (κ3) is 3.26. The highest BCUT2D eigenvalue weighted by Gasteiger charge is 2.32. The molecule has 2 aliphatic rings. The van der Waals surface area contributed by atoms with Gasteiger partial charge in [0.15, 0.2) is 11.5 Å². The smallest absolute Gasteiger partial charge is 0.296 e. The van der Waals surface area contributed by atoms with E-state index in [1.165, 1.54) is 20.3 Å². The van der Waals surface area contributed by atoms with Crippen molar-refractivity contribution in [1.29, 1.82) is 0 Å². The molecule has 0 spiro atoms. The van der Waals surface area contributed by atoms with Gasteiger partial charge in [0.25, 0.3) is 5.69 Å². The molecule has 0 saturated carbocycles. The van der Waals surface area contributed by atoms with Crippen LogP contribution < -0.4 is 14.4 Å². The minimum Gasteiger partial charge on any atom is -0.493 e. The molecule has 0 aliphatic carbocycles. The van der Waals surface area contributed by atoms with Gasteiger partial charge in [-0.1, -0.05) is 0 Å². The Balaban J connectivity index is 1.79. The van der Waals surface area contributed by atoms with Gasteiger partial charge < -0.3 is 19.1 Å². The van der Waals surface area contributed by atoms with Gasteiger partial charge in [0, 0.05) is 25.8 Å². The van der Waals surface area contributed by atoms with Crippen LogP contribution in [0.5, 0.6) is 11.5 Å². The van der Waals surface area contributed by atoms with Crippen LogP contribution in [0.25, 0.3) is 0 Å². The van der Waals surface area contributed by atoms with Gasteiger partial charge in [-0.05, 0) is 31.6 Å². The van der Waals surface area contributed by atoms with E-state index in [1.54, 1.807) is 6.07 Å². The molecule has 1 aromatic carbocycles. The molecule has 2 saturated heterocycles. The molecule has 1 atom stereocenters. The minimum atomic E-state index is -0.358. The van der Waals surface area contributed by atoms with Crippen molar-refractivity contribution < 1.29 is 19.1 Å². The van der Waals surface area contributed by atoms with Crippen molar-refractivity contribution in [2.75, 3.05) is 38.8 Å².